The van der Waals surface area contributed by atoms with Crippen LogP contribution in [-0.2, 0) is 16.0 Å². The van der Waals surface area contributed by atoms with E-state index >= 15 is 0 Å². The van der Waals surface area contributed by atoms with Gasteiger partial charge in [0.1, 0.15) is 0 Å². The molecule has 0 saturated heterocycles. The summed E-state index contributed by atoms with van der Waals surface area (Å²) < 4.78 is 0. The predicted octanol–water partition coefficient (Wildman–Crippen LogP) is 1.92. The molecule has 0 saturated carbocycles. The highest BCUT2D eigenvalue weighted by molar-refractivity contribution is 5.84. The molecule has 1 aromatic carbocycles. The maximum atomic E-state index is 11.7. The third-order valence-electron chi connectivity index (χ3n) is 3.77. The Bertz CT molecular complexity index is 497. The molecule has 0 aliphatic heterocycles. The number of amides is 2. The van der Waals surface area contributed by atoms with Crippen LogP contribution in [0.5, 0.6) is 0 Å². The van der Waals surface area contributed by atoms with Crippen molar-refractivity contribution >= 4 is 11.8 Å². The van der Waals surface area contributed by atoms with E-state index < -0.39 is 5.91 Å². The molecule has 2 amide bonds. The van der Waals surface area contributed by atoms with E-state index in [1.807, 2.05) is 0 Å². The molecule has 23 heavy (non-hydrogen) atoms. The third kappa shape index (κ3) is 7.28. The van der Waals surface area contributed by atoms with E-state index in [2.05, 4.69) is 55.7 Å². The molecular weight excluding hydrogens is 290 g/mol. The zero-order valence-corrected chi connectivity index (χ0v) is 14.4. The van der Waals surface area contributed by atoms with Gasteiger partial charge in [0.15, 0.2) is 0 Å². The quantitative estimate of drug-likeness (QED) is 0.616. The Labute approximate surface area is 139 Å². The minimum atomic E-state index is -0.540. The van der Waals surface area contributed by atoms with E-state index in [0.29, 0.717) is 5.92 Å². The number of unbranched alkanes of at least 4 members (excludes halogenated alkanes) is 1. The molecule has 1 atom stereocenters. The summed E-state index contributed by atoms with van der Waals surface area (Å²) >= 11 is 0. The number of hydrogen-bond acceptors (Lipinski definition) is 3. The Kier molecular flexibility index (Phi) is 8.33. The van der Waals surface area contributed by atoms with E-state index in [0.717, 1.165) is 6.42 Å². The van der Waals surface area contributed by atoms with E-state index in [9.17, 15) is 9.59 Å². The highest BCUT2D eigenvalue weighted by Gasteiger charge is 2.16. The molecule has 0 bridgehead atoms. The molecule has 5 nitrogen and oxygen atoms in total. The van der Waals surface area contributed by atoms with Crippen LogP contribution in [0, 0.1) is 5.92 Å². The van der Waals surface area contributed by atoms with Crippen molar-refractivity contribution in [2.24, 2.45) is 11.7 Å². The molecule has 1 aromatic rings. The molecule has 0 spiro atoms. The minimum absolute atomic E-state index is 0.0922. The zero-order valence-electron chi connectivity index (χ0n) is 14.4. The van der Waals surface area contributed by atoms with Crippen LogP contribution in [0.2, 0.25) is 0 Å². The number of primary amides is 1. The first kappa shape index (κ1) is 19.2. The van der Waals surface area contributed by atoms with E-state index in [1.54, 1.807) is 0 Å². The lowest BCUT2D eigenvalue weighted by molar-refractivity contribution is -0.124. The first-order valence-electron chi connectivity index (χ1n) is 8.31. The number of aryl methyl sites for hydroxylation is 1. The number of benzene rings is 1. The van der Waals surface area contributed by atoms with Crippen LogP contribution in [0.4, 0.5) is 0 Å². The predicted molar refractivity (Wildman–Crippen MR) is 92.8 cm³/mol. The fourth-order valence-corrected chi connectivity index (χ4v) is 2.46. The van der Waals surface area contributed by atoms with Crippen LogP contribution in [0.3, 0.4) is 0 Å². The van der Waals surface area contributed by atoms with E-state index in [4.69, 9.17) is 5.73 Å². The Morgan fingerprint density at radius 1 is 1.13 bits per heavy atom. The zero-order chi connectivity index (χ0) is 17.2. The van der Waals surface area contributed by atoms with Crippen molar-refractivity contribution in [3.63, 3.8) is 0 Å². The van der Waals surface area contributed by atoms with Crippen LogP contribution in [-0.4, -0.2) is 24.9 Å². The van der Waals surface area contributed by atoms with Crippen molar-refractivity contribution < 1.29 is 9.59 Å². The van der Waals surface area contributed by atoms with Gasteiger partial charge in [-0.05, 0) is 29.9 Å². The average Bonchev–Trinajstić information content (AvgIpc) is 2.52. The van der Waals surface area contributed by atoms with Crippen LogP contribution in [0.25, 0.3) is 0 Å². The summed E-state index contributed by atoms with van der Waals surface area (Å²) in [5.74, 6) is -0.420. The number of carbonyl (C=O) groups excluding carboxylic acids is 2. The highest BCUT2D eigenvalue weighted by atomic mass is 16.2. The molecule has 0 aromatic heterocycles. The molecule has 0 unspecified atom stereocenters. The van der Waals surface area contributed by atoms with Crippen LogP contribution in [0.1, 0.15) is 50.8 Å². The molecule has 1 rings (SSSR count). The fourth-order valence-electron chi connectivity index (χ4n) is 2.46. The van der Waals surface area contributed by atoms with Gasteiger partial charge in [-0.1, -0.05) is 51.5 Å². The monoisotopic (exact) mass is 319 g/mol. The second-order valence-electron chi connectivity index (χ2n) is 6.19. The highest BCUT2D eigenvalue weighted by Crippen LogP contribution is 2.22. The first-order chi connectivity index (χ1) is 10.9. The Balaban J connectivity index is 2.60. The second kappa shape index (κ2) is 10.0. The van der Waals surface area contributed by atoms with Gasteiger partial charge in [-0.25, -0.2) is 0 Å². The van der Waals surface area contributed by atoms with Crippen molar-refractivity contribution in [3.8, 4) is 0 Å². The lowest BCUT2D eigenvalue weighted by Gasteiger charge is -2.23. The summed E-state index contributed by atoms with van der Waals surface area (Å²) in [7, 11) is 0. The van der Waals surface area contributed by atoms with Gasteiger partial charge >= 0.3 is 0 Å². The summed E-state index contributed by atoms with van der Waals surface area (Å²) in [5.41, 5.74) is 7.52. The Morgan fingerprint density at radius 2 is 1.78 bits per heavy atom. The molecule has 4 N–H and O–H groups in total. The summed E-state index contributed by atoms with van der Waals surface area (Å²) in [5, 5.41) is 5.74. The van der Waals surface area contributed by atoms with Crippen LogP contribution < -0.4 is 16.4 Å². The molecule has 0 aliphatic rings. The number of hydrogen-bond donors (Lipinski definition) is 3. The largest absolute Gasteiger partial charge is 0.368 e. The van der Waals surface area contributed by atoms with Crippen molar-refractivity contribution in [3.05, 3.63) is 35.4 Å². The summed E-state index contributed by atoms with van der Waals surface area (Å²) in [4.78, 5) is 22.4. The Morgan fingerprint density at radius 3 is 2.30 bits per heavy atom. The molecule has 5 heteroatoms. The molecule has 128 valence electrons. The van der Waals surface area contributed by atoms with Crippen molar-refractivity contribution in [2.45, 2.75) is 46.1 Å². The number of nitrogens with one attached hydrogen (secondary N) is 2. The summed E-state index contributed by atoms with van der Waals surface area (Å²) in [6, 6.07) is 8.67. The molecule has 0 aliphatic carbocycles. The lowest BCUT2D eigenvalue weighted by atomic mass is 9.94. The van der Waals surface area contributed by atoms with Crippen LogP contribution in [0.15, 0.2) is 24.3 Å². The van der Waals surface area contributed by atoms with Gasteiger partial charge in [0.25, 0.3) is 0 Å². The summed E-state index contributed by atoms with van der Waals surface area (Å²) in [6.45, 7) is 6.46. The van der Waals surface area contributed by atoms with Gasteiger partial charge in [0.2, 0.25) is 11.8 Å². The van der Waals surface area contributed by atoms with Gasteiger partial charge in [-0.3, -0.25) is 9.59 Å². The molecule has 0 heterocycles. The van der Waals surface area contributed by atoms with Crippen molar-refractivity contribution in [1.29, 1.82) is 0 Å². The van der Waals surface area contributed by atoms with Gasteiger partial charge in [0, 0.05) is 6.04 Å². The first-order valence-corrected chi connectivity index (χ1v) is 8.31. The molecule has 0 radical (unpaired) electrons. The SMILES string of the molecule is CCCCc1ccc([C@@H](NCC(=O)NCC(N)=O)C(C)C)cc1. The lowest BCUT2D eigenvalue weighted by Crippen LogP contribution is -2.40. The molecule has 0 fully saturated rings. The normalized spacial score (nSPS) is 12.2. The molecular formula is C18H29N3O2. The second-order valence-corrected chi connectivity index (χ2v) is 6.19. The maximum absolute atomic E-state index is 11.7. The van der Waals surface area contributed by atoms with Gasteiger partial charge < -0.3 is 16.4 Å². The standard InChI is InChI=1S/C18H29N3O2/c1-4-5-6-14-7-9-15(10-8-14)18(13(2)3)21-12-17(23)20-11-16(19)22/h7-10,13,18,21H,4-6,11-12H2,1-3H3,(H2,19,22)(H,20,23)/t18-/m0/s1. The van der Waals surface area contributed by atoms with Gasteiger partial charge in [-0.15, -0.1) is 0 Å². The van der Waals surface area contributed by atoms with Crippen molar-refractivity contribution in [1.82, 2.24) is 10.6 Å². The van der Waals surface area contributed by atoms with E-state index in [-0.39, 0.29) is 25.0 Å². The van der Waals surface area contributed by atoms with Crippen LogP contribution >= 0.6 is 0 Å². The number of nitrogens with two attached hydrogens (primary N) is 1. The fraction of sp³-hybridized carbons (Fsp3) is 0.556. The van der Waals surface area contributed by atoms with E-state index in [1.165, 1.54) is 24.0 Å². The Hall–Kier alpha value is -1.88. The number of carbonyl (C=O) groups is 2. The average molecular weight is 319 g/mol. The van der Waals surface area contributed by atoms with Crippen molar-refractivity contribution in [2.75, 3.05) is 13.1 Å². The maximum Gasteiger partial charge on any atom is 0.236 e. The topological polar surface area (TPSA) is 84.2 Å². The minimum Gasteiger partial charge on any atom is -0.368 e. The summed E-state index contributed by atoms with van der Waals surface area (Å²) in [6.07, 6.45) is 3.50. The third-order valence-corrected chi connectivity index (χ3v) is 3.77. The van der Waals surface area contributed by atoms with Gasteiger partial charge in [0.05, 0.1) is 13.1 Å². The number of rotatable bonds is 10. The smallest absolute Gasteiger partial charge is 0.236 e. The van der Waals surface area contributed by atoms with Gasteiger partial charge in [-0.2, -0.15) is 0 Å².